The standard InChI is InChI=1S/C18H21N5OS/c1-12-10-25-17(20-12)18(21-13(2)24)6-7-23(11-18)9-15-5-3-4-14-8-19-22-16(14)15/h3-5,8,10H,6-7,9,11H2,1-2H3,(H,19,22)(H,21,24). The first-order valence-electron chi connectivity index (χ1n) is 8.40. The lowest BCUT2D eigenvalue weighted by Crippen LogP contribution is -2.47. The average Bonchev–Trinajstić information content (AvgIpc) is 3.27. The first-order valence-corrected chi connectivity index (χ1v) is 9.28. The number of hydrogen-bond acceptors (Lipinski definition) is 5. The fraction of sp³-hybridized carbons (Fsp3) is 0.389. The zero-order valence-electron chi connectivity index (χ0n) is 14.4. The SMILES string of the molecule is CC(=O)NC1(c2nc(C)cs2)CCN(Cc2cccc3cn[nH]c23)C1. The van der Waals surface area contributed by atoms with Gasteiger partial charge in [0, 0.05) is 43.0 Å². The molecule has 3 heterocycles. The van der Waals surface area contributed by atoms with E-state index in [1.807, 2.05) is 18.5 Å². The number of carbonyl (C=O) groups is 1. The molecule has 0 saturated carbocycles. The molecule has 1 amide bonds. The third kappa shape index (κ3) is 3.05. The van der Waals surface area contributed by atoms with Gasteiger partial charge in [-0.15, -0.1) is 11.3 Å². The van der Waals surface area contributed by atoms with Gasteiger partial charge in [0.25, 0.3) is 0 Å². The molecule has 1 fully saturated rings. The summed E-state index contributed by atoms with van der Waals surface area (Å²) < 4.78 is 0. The van der Waals surface area contributed by atoms with Crippen molar-refractivity contribution in [2.24, 2.45) is 0 Å². The number of H-pyrrole nitrogens is 1. The molecule has 7 heteroatoms. The third-order valence-electron chi connectivity index (χ3n) is 4.75. The summed E-state index contributed by atoms with van der Waals surface area (Å²) in [7, 11) is 0. The van der Waals surface area contributed by atoms with Crippen LogP contribution in [0.25, 0.3) is 10.9 Å². The lowest BCUT2D eigenvalue weighted by Gasteiger charge is -2.28. The second-order valence-corrected chi connectivity index (χ2v) is 7.63. The number of aromatic nitrogens is 3. The van der Waals surface area contributed by atoms with E-state index in [9.17, 15) is 4.79 Å². The topological polar surface area (TPSA) is 73.9 Å². The molecular weight excluding hydrogens is 334 g/mol. The number of hydrogen-bond donors (Lipinski definition) is 2. The summed E-state index contributed by atoms with van der Waals surface area (Å²) in [5, 5.41) is 14.6. The summed E-state index contributed by atoms with van der Waals surface area (Å²) in [6.45, 7) is 6.09. The van der Waals surface area contributed by atoms with Crippen molar-refractivity contribution in [3.05, 3.63) is 46.0 Å². The zero-order chi connectivity index (χ0) is 17.4. The molecule has 1 aliphatic rings. The second kappa shape index (κ2) is 6.24. The summed E-state index contributed by atoms with van der Waals surface area (Å²) in [6.07, 6.45) is 2.72. The minimum Gasteiger partial charge on any atom is -0.343 e. The van der Waals surface area contributed by atoms with E-state index in [0.717, 1.165) is 47.7 Å². The number of likely N-dealkylation sites (tertiary alicyclic amines) is 1. The number of amides is 1. The molecule has 0 bridgehead atoms. The molecule has 1 atom stereocenters. The highest BCUT2D eigenvalue weighted by Gasteiger charge is 2.42. The van der Waals surface area contributed by atoms with Crippen LogP contribution in [0, 0.1) is 6.92 Å². The smallest absolute Gasteiger partial charge is 0.217 e. The van der Waals surface area contributed by atoms with Gasteiger partial charge in [-0.1, -0.05) is 18.2 Å². The van der Waals surface area contributed by atoms with Crippen LogP contribution in [-0.2, 0) is 16.9 Å². The number of nitrogens with zero attached hydrogens (tertiary/aromatic N) is 3. The Bertz CT molecular complexity index is 917. The molecular formula is C18H21N5OS. The average molecular weight is 355 g/mol. The minimum absolute atomic E-state index is 0.00891. The van der Waals surface area contributed by atoms with Crippen LogP contribution in [0.15, 0.2) is 29.8 Å². The summed E-state index contributed by atoms with van der Waals surface area (Å²) in [4.78, 5) is 18.9. The Morgan fingerprint density at radius 3 is 3.12 bits per heavy atom. The molecule has 0 spiro atoms. The van der Waals surface area contributed by atoms with Gasteiger partial charge in [-0.25, -0.2) is 4.98 Å². The fourth-order valence-corrected chi connectivity index (χ4v) is 4.64. The predicted molar refractivity (Wildman–Crippen MR) is 98.3 cm³/mol. The maximum atomic E-state index is 11.8. The van der Waals surface area contributed by atoms with Crippen molar-refractivity contribution >= 4 is 28.1 Å². The van der Waals surface area contributed by atoms with Gasteiger partial charge in [0.15, 0.2) is 0 Å². The molecule has 2 aromatic heterocycles. The maximum Gasteiger partial charge on any atom is 0.217 e. The minimum atomic E-state index is -0.382. The molecule has 130 valence electrons. The Morgan fingerprint density at radius 2 is 2.36 bits per heavy atom. The lowest BCUT2D eigenvalue weighted by molar-refractivity contribution is -0.120. The summed E-state index contributed by atoms with van der Waals surface area (Å²) >= 11 is 1.63. The van der Waals surface area contributed by atoms with Crippen molar-refractivity contribution in [3.63, 3.8) is 0 Å². The predicted octanol–water partition coefficient (Wildman–Crippen LogP) is 2.57. The summed E-state index contributed by atoms with van der Waals surface area (Å²) in [5.74, 6) is -0.00891. The van der Waals surface area contributed by atoms with Crippen LogP contribution in [0.2, 0.25) is 0 Å². The molecule has 4 rings (SSSR count). The van der Waals surface area contributed by atoms with E-state index in [2.05, 4.69) is 43.6 Å². The Balaban J connectivity index is 1.59. The molecule has 6 nitrogen and oxygen atoms in total. The third-order valence-corrected chi connectivity index (χ3v) is 5.91. The number of rotatable bonds is 4. The highest BCUT2D eigenvalue weighted by atomic mass is 32.1. The van der Waals surface area contributed by atoms with Gasteiger partial charge >= 0.3 is 0 Å². The first kappa shape index (κ1) is 16.2. The van der Waals surface area contributed by atoms with Gasteiger partial charge in [0.1, 0.15) is 10.5 Å². The number of para-hydroxylation sites is 1. The van der Waals surface area contributed by atoms with E-state index in [0.29, 0.717) is 0 Å². The van der Waals surface area contributed by atoms with Gasteiger partial charge in [0.05, 0.1) is 11.7 Å². The van der Waals surface area contributed by atoms with Gasteiger partial charge in [0.2, 0.25) is 5.91 Å². The van der Waals surface area contributed by atoms with Gasteiger partial charge < -0.3 is 5.32 Å². The molecule has 2 N–H and O–H groups in total. The lowest BCUT2D eigenvalue weighted by atomic mass is 9.99. The maximum absolute atomic E-state index is 11.8. The quantitative estimate of drug-likeness (QED) is 0.754. The van der Waals surface area contributed by atoms with E-state index in [1.165, 1.54) is 5.56 Å². The van der Waals surface area contributed by atoms with Crippen LogP contribution in [-0.4, -0.2) is 39.1 Å². The number of carbonyl (C=O) groups excluding carboxylic acids is 1. The van der Waals surface area contributed by atoms with Gasteiger partial charge in [-0.2, -0.15) is 5.10 Å². The fourth-order valence-electron chi connectivity index (χ4n) is 3.67. The number of aryl methyl sites for hydroxylation is 1. The van der Waals surface area contributed by atoms with Crippen LogP contribution in [0.4, 0.5) is 0 Å². The van der Waals surface area contributed by atoms with E-state index in [4.69, 9.17) is 0 Å². The normalized spacial score (nSPS) is 21.0. The van der Waals surface area contributed by atoms with E-state index in [-0.39, 0.29) is 11.4 Å². The zero-order valence-corrected chi connectivity index (χ0v) is 15.2. The number of thiazole rings is 1. The monoisotopic (exact) mass is 355 g/mol. The van der Waals surface area contributed by atoms with Crippen LogP contribution >= 0.6 is 11.3 Å². The Hall–Kier alpha value is -2.25. The van der Waals surface area contributed by atoms with Crippen LogP contribution < -0.4 is 5.32 Å². The number of fused-ring (bicyclic) bond motifs is 1. The second-order valence-electron chi connectivity index (χ2n) is 6.77. The molecule has 25 heavy (non-hydrogen) atoms. The Kier molecular flexibility index (Phi) is 4.05. The first-order chi connectivity index (χ1) is 12.1. The van der Waals surface area contributed by atoms with Crippen molar-refractivity contribution in [1.82, 2.24) is 25.4 Å². The number of benzene rings is 1. The number of aromatic amines is 1. The van der Waals surface area contributed by atoms with Crippen LogP contribution in [0.5, 0.6) is 0 Å². The van der Waals surface area contributed by atoms with Crippen molar-refractivity contribution in [1.29, 1.82) is 0 Å². The van der Waals surface area contributed by atoms with Crippen molar-refractivity contribution < 1.29 is 4.79 Å². The van der Waals surface area contributed by atoms with Crippen molar-refractivity contribution in [3.8, 4) is 0 Å². The summed E-state index contributed by atoms with van der Waals surface area (Å²) in [5.41, 5.74) is 2.94. The van der Waals surface area contributed by atoms with E-state index >= 15 is 0 Å². The van der Waals surface area contributed by atoms with Crippen LogP contribution in [0.3, 0.4) is 0 Å². The van der Waals surface area contributed by atoms with Crippen molar-refractivity contribution in [2.75, 3.05) is 13.1 Å². The molecule has 3 aromatic rings. The molecule has 0 radical (unpaired) electrons. The molecule has 1 saturated heterocycles. The Labute approximate surface area is 150 Å². The molecule has 1 aromatic carbocycles. The molecule has 0 aliphatic carbocycles. The molecule has 1 aliphatic heterocycles. The largest absolute Gasteiger partial charge is 0.343 e. The van der Waals surface area contributed by atoms with E-state index in [1.54, 1.807) is 18.3 Å². The Morgan fingerprint density at radius 1 is 1.48 bits per heavy atom. The van der Waals surface area contributed by atoms with E-state index < -0.39 is 0 Å². The van der Waals surface area contributed by atoms with Gasteiger partial charge in [-0.3, -0.25) is 14.8 Å². The highest BCUT2D eigenvalue weighted by Crippen LogP contribution is 2.35. The highest BCUT2D eigenvalue weighted by molar-refractivity contribution is 7.09. The van der Waals surface area contributed by atoms with Crippen molar-refractivity contribution in [2.45, 2.75) is 32.4 Å². The summed E-state index contributed by atoms with van der Waals surface area (Å²) in [6, 6.07) is 6.26. The number of nitrogens with one attached hydrogen (secondary N) is 2. The van der Waals surface area contributed by atoms with Crippen LogP contribution in [0.1, 0.15) is 29.6 Å². The van der Waals surface area contributed by atoms with Gasteiger partial charge in [-0.05, 0) is 18.9 Å². The molecule has 1 unspecified atom stereocenters.